The Kier molecular flexibility index (Phi) is 2.60. The largest absolute Gasteiger partial charge is 0.465 e. The van der Waals surface area contributed by atoms with E-state index in [1.807, 2.05) is 32.2 Å². The molecule has 0 unspecified atom stereocenters. The van der Waals surface area contributed by atoms with Crippen molar-refractivity contribution in [1.29, 1.82) is 0 Å². The Hall–Kier alpha value is -1.45. The van der Waals surface area contributed by atoms with Crippen LogP contribution in [0.2, 0.25) is 0 Å². The van der Waals surface area contributed by atoms with Gasteiger partial charge in [-0.05, 0) is 12.1 Å². The standard InChI is InChI=1S/C9H14N2O2/c1-9(2,6-11-8(12)13)7-4-3-5-10-7/h3-5,10-11H,6H2,1-2H3,(H,12,13). The SMILES string of the molecule is CC(C)(CNC(=O)O)c1ccc[nH]1. The second-order valence-corrected chi connectivity index (χ2v) is 3.63. The number of aromatic amines is 1. The van der Waals surface area contributed by atoms with Crippen molar-refractivity contribution in [2.75, 3.05) is 6.54 Å². The van der Waals surface area contributed by atoms with E-state index in [4.69, 9.17) is 5.11 Å². The maximum absolute atomic E-state index is 10.3. The van der Waals surface area contributed by atoms with Gasteiger partial charge in [-0.1, -0.05) is 13.8 Å². The van der Waals surface area contributed by atoms with E-state index >= 15 is 0 Å². The number of carbonyl (C=O) groups is 1. The number of H-pyrrole nitrogens is 1. The monoisotopic (exact) mass is 182 g/mol. The first kappa shape index (κ1) is 9.64. The summed E-state index contributed by atoms with van der Waals surface area (Å²) in [4.78, 5) is 13.4. The van der Waals surface area contributed by atoms with Crippen LogP contribution in [0.25, 0.3) is 0 Å². The molecule has 1 heterocycles. The fourth-order valence-corrected chi connectivity index (χ4v) is 1.14. The fourth-order valence-electron chi connectivity index (χ4n) is 1.14. The van der Waals surface area contributed by atoms with Gasteiger partial charge in [0.1, 0.15) is 0 Å². The van der Waals surface area contributed by atoms with Crippen LogP contribution in [0.1, 0.15) is 19.5 Å². The lowest BCUT2D eigenvalue weighted by atomic mass is 9.89. The molecule has 4 heteroatoms. The van der Waals surface area contributed by atoms with Crippen LogP contribution in [0, 0.1) is 0 Å². The molecule has 0 saturated carbocycles. The lowest BCUT2D eigenvalue weighted by molar-refractivity contribution is 0.191. The van der Waals surface area contributed by atoms with E-state index in [-0.39, 0.29) is 5.41 Å². The van der Waals surface area contributed by atoms with E-state index in [1.165, 1.54) is 0 Å². The highest BCUT2D eigenvalue weighted by atomic mass is 16.4. The minimum atomic E-state index is -0.986. The maximum Gasteiger partial charge on any atom is 0.404 e. The molecular formula is C9H14N2O2. The summed E-state index contributed by atoms with van der Waals surface area (Å²) in [5, 5.41) is 10.8. The molecule has 1 aromatic heterocycles. The quantitative estimate of drug-likeness (QED) is 0.664. The molecule has 4 nitrogen and oxygen atoms in total. The molecule has 0 aliphatic rings. The van der Waals surface area contributed by atoms with Gasteiger partial charge in [-0.3, -0.25) is 0 Å². The van der Waals surface area contributed by atoms with Crippen LogP contribution in [-0.2, 0) is 5.41 Å². The van der Waals surface area contributed by atoms with Gasteiger partial charge in [-0.25, -0.2) is 4.79 Å². The molecule has 72 valence electrons. The Morgan fingerprint density at radius 2 is 2.38 bits per heavy atom. The van der Waals surface area contributed by atoms with Crippen LogP contribution in [0.3, 0.4) is 0 Å². The summed E-state index contributed by atoms with van der Waals surface area (Å²) in [7, 11) is 0. The topological polar surface area (TPSA) is 65.1 Å². The predicted molar refractivity (Wildman–Crippen MR) is 49.8 cm³/mol. The van der Waals surface area contributed by atoms with Crippen molar-refractivity contribution < 1.29 is 9.90 Å². The average molecular weight is 182 g/mol. The van der Waals surface area contributed by atoms with E-state index in [2.05, 4.69) is 10.3 Å². The van der Waals surface area contributed by atoms with Crippen LogP contribution in [0.15, 0.2) is 18.3 Å². The molecule has 0 radical (unpaired) electrons. The predicted octanol–water partition coefficient (Wildman–Crippen LogP) is 1.56. The summed E-state index contributed by atoms with van der Waals surface area (Å²) in [5.41, 5.74) is 0.836. The fraction of sp³-hybridized carbons (Fsp3) is 0.444. The molecule has 0 aliphatic carbocycles. The number of aromatic nitrogens is 1. The Labute approximate surface area is 77.0 Å². The van der Waals surface area contributed by atoms with E-state index in [1.54, 1.807) is 0 Å². The van der Waals surface area contributed by atoms with E-state index in [9.17, 15) is 4.79 Å². The molecule has 3 N–H and O–H groups in total. The van der Waals surface area contributed by atoms with Crippen molar-refractivity contribution in [3.8, 4) is 0 Å². The Morgan fingerprint density at radius 1 is 1.69 bits per heavy atom. The summed E-state index contributed by atoms with van der Waals surface area (Å²) in [6, 6.07) is 3.85. The van der Waals surface area contributed by atoms with Crippen molar-refractivity contribution in [2.24, 2.45) is 0 Å². The smallest absolute Gasteiger partial charge is 0.404 e. The van der Waals surface area contributed by atoms with E-state index < -0.39 is 6.09 Å². The second-order valence-electron chi connectivity index (χ2n) is 3.63. The zero-order valence-electron chi connectivity index (χ0n) is 7.79. The number of hydrogen-bond acceptors (Lipinski definition) is 1. The van der Waals surface area contributed by atoms with Gasteiger partial charge in [0.15, 0.2) is 0 Å². The Balaban J connectivity index is 2.61. The van der Waals surface area contributed by atoms with Gasteiger partial charge in [-0.2, -0.15) is 0 Å². The number of carboxylic acid groups (broad SMARTS) is 1. The zero-order valence-corrected chi connectivity index (χ0v) is 7.79. The molecule has 1 aromatic rings. The highest BCUT2D eigenvalue weighted by Gasteiger charge is 2.21. The Bertz CT molecular complexity index is 278. The van der Waals surface area contributed by atoms with Gasteiger partial charge in [0, 0.05) is 23.9 Å². The van der Waals surface area contributed by atoms with E-state index in [0.717, 1.165) is 5.69 Å². The molecule has 0 spiro atoms. The number of nitrogens with one attached hydrogen (secondary N) is 2. The molecule has 0 atom stereocenters. The van der Waals surface area contributed by atoms with Crippen molar-refractivity contribution in [3.05, 3.63) is 24.0 Å². The van der Waals surface area contributed by atoms with Crippen molar-refractivity contribution in [3.63, 3.8) is 0 Å². The third-order valence-corrected chi connectivity index (χ3v) is 2.01. The lowest BCUT2D eigenvalue weighted by Crippen LogP contribution is -2.36. The van der Waals surface area contributed by atoms with E-state index in [0.29, 0.717) is 6.54 Å². The highest BCUT2D eigenvalue weighted by molar-refractivity contribution is 5.64. The van der Waals surface area contributed by atoms with Gasteiger partial charge in [0.05, 0.1) is 0 Å². The van der Waals surface area contributed by atoms with Gasteiger partial charge < -0.3 is 15.4 Å². The van der Waals surface area contributed by atoms with Crippen LogP contribution in [0.4, 0.5) is 4.79 Å². The summed E-state index contributed by atoms with van der Waals surface area (Å²) in [6.45, 7) is 4.37. The van der Waals surface area contributed by atoms with Crippen molar-refractivity contribution >= 4 is 6.09 Å². The summed E-state index contributed by atoms with van der Waals surface area (Å²) in [5.74, 6) is 0. The molecule has 0 aromatic carbocycles. The highest BCUT2D eigenvalue weighted by Crippen LogP contribution is 2.19. The maximum atomic E-state index is 10.3. The van der Waals surface area contributed by atoms with Gasteiger partial charge in [0.2, 0.25) is 0 Å². The molecule has 0 fully saturated rings. The first-order chi connectivity index (χ1) is 6.02. The van der Waals surface area contributed by atoms with Gasteiger partial charge >= 0.3 is 6.09 Å². The Morgan fingerprint density at radius 3 is 2.85 bits per heavy atom. The number of rotatable bonds is 3. The number of amides is 1. The molecule has 0 bridgehead atoms. The molecule has 1 rings (SSSR count). The summed E-state index contributed by atoms with van der Waals surface area (Å²) >= 11 is 0. The molecule has 1 amide bonds. The molecular weight excluding hydrogens is 168 g/mol. The number of hydrogen-bond donors (Lipinski definition) is 3. The van der Waals surface area contributed by atoms with Gasteiger partial charge in [0.25, 0.3) is 0 Å². The van der Waals surface area contributed by atoms with Crippen LogP contribution < -0.4 is 5.32 Å². The minimum absolute atomic E-state index is 0.193. The first-order valence-corrected chi connectivity index (χ1v) is 4.13. The molecule has 0 saturated heterocycles. The zero-order chi connectivity index (χ0) is 9.90. The normalized spacial score (nSPS) is 11.2. The van der Waals surface area contributed by atoms with Crippen LogP contribution in [-0.4, -0.2) is 22.7 Å². The van der Waals surface area contributed by atoms with Crippen molar-refractivity contribution in [2.45, 2.75) is 19.3 Å². The third-order valence-electron chi connectivity index (χ3n) is 2.01. The first-order valence-electron chi connectivity index (χ1n) is 4.13. The second kappa shape index (κ2) is 3.51. The third kappa shape index (κ3) is 2.50. The summed E-state index contributed by atoms with van der Waals surface area (Å²) < 4.78 is 0. The van der Waals surface area contributed by atoms with Gasteiger partial charge in [-0.15, -0.1) is 0 Å². The average Bonchev–Trinajstić information content (AvgIpc) is 2.53. The minimum Gasteiger partial charge on any atom is -0.465 e. The molecule has 13 heavy (non-hydrogen) atoms. The van der Waals surface area contributed by atoms with Crippen molar-refractivity contribution in [1.82, 2.24) is 10.3 Å². The van der Waals surface area contributed by atoms with Crippen LogP contribution in [0.5, 0.6) is 0 Å². The molecule has 0 aliphatic heterocycles. The summed E-state index contributed by atoms with van der Waals surface area (Å²) in [6.07, 6.45) is 0.845. The lowest BCUT2D eigenvalue weighted by Gasteiger charge is -2.22. The van der Waals surface area contributed by atoms with Crippen LogP contribution >= 0.6 is 0 Å².